The van der Waals surface area contributed by atoms with E-state index in [1.165, 1.54) is 31.2 Å². The van der Waals surface area contributed by atoms with Gasteiger partial charge in [-0.05, 0) is 49.4 Å². The van der Waals surface area contributed by atoms with Gasteiger partial charge in [-0.3, -0.25) is 9.59 Å². The topological polar surface area (TPSA) is 167 Å². The van der Waals surface area contributed by atoms with Crippen molar-refractivity contribution in [3.63, 3.8) is 0 Å². The number of benzene rings is 2. The third-order valence-corrected chi connectivity index (χ3v) is 7.16. The average Bonchev–Trinajstić information content (AvgIpc) is 3.46. The Morgan fingerprint density at radius 2 is 1.90 bits per heavy atom. The minimum Gasteiger partial charge on any atom is -0.489 e. The second-order valence-electron chi connectivity index (χ2n) is 9.62. The van der Waals surface area contributed by atoms with Gasteiger partial charge in [-0.2, -0.15) is 18.2 Å². The Labute approximate surface area is 233 Å². The zero-order valence-corrected chi connectivity index (χ0v) is 21.7. The molecule has 10 nitrogen and oxygen atoms in total. The third-order valence-electron chi connectivity index (χ3n) is 6.87. The summed E-state index contributed by atoms with van der Waals surface area (Å²) < 4.78 is 68.2. The van der Waals surface area contributed by atoms with Crippen LogP contribution in [0.3, 0.4) is 0 Å². The molecule has 6 N–H and O–H groups in total. The first kappa shape index (κ1) is 28.1. The number of anilines is 1. The normalized spacial score (nSPS) is 18.0. The molecule has 4 aromatic rings. The minimum absolute atomic E-state index is 0.0383. The molecule has 0 saturated heterocycles. The number of rotatable bonds is 6. The van der Waals surface area contributed by atoms with Crippen LogP contribution >= 0.6 is 11.6 Å². The molecule has 2 aromatic carbocycles. The van der Waals surface area contributed by atoms with Crippen LogP contribution in [0, 0.1) is 5.82 Å². The van der Waals surface area contributed by atoms with Crippen molar-refractivity contribution in [1.82, 2.24) is 15.3 Å². The highest BCUT2D eigenvalue weighted by Crippen LogP contribution is 2.48. The van der Waals surface area contributed by atoms with Crippen molar-refractivity contribution in [2.45, 2.75) is 24.1 Å². The Morgan fingerprint density at radius 1 is 1.17 bits per heavy atom. The number of nitrogens with zero attached hydrogens (tertiary/aromatic N) is 2. The second-order valence-corrected chi connectivity index (χ2v) is 10.0. The van der Waals surface area contributed by atoms with Gasteiger partial charge in [0.05, 0.1) is 17.3 Å². The molecule has 1 aliphatic rings. The van der Waals surface area contributed by atoms with Gasteiger partial charge in [0.15, 0.2) is 5.58 Å². The molecule has 214 valence electrons. The standard InChI is InChI=1S/C26H20ClF4N5O5/c1-24(22(32)38)10-40-20-13(24)8-18(36-19(20)11-2-4-15(28)14(27)6-11)25(39,26(29,30)31)9-34-21(37)12-3-5-16-17(7-12)41-23(33)35-16/h2-8,39H,9-10H2,1H3,(H2,32,38)(H2,33,35)(H,34,37)/t24-,25-/m0/s1. The second kappa shape index (κ2) is 9.59. The van der Waals surface area contributed by atoms with Gasteiger partial charge in [0.1, 0.15) is 34.8 Å². The summed E-state index contributed by atoms with van der Waals surface area (Å²) in [6.45, 7) is -0.358. The molecule has 41 heavy (non-hydrogen) atoms. The highest BCUT2D eigenvalue weighted by molar-refractivity contribution is 6.31. The number of nitrogens with two attached hydrogens (primary N) is 2. The molecule has 3 heterocycles. The number of carbonyl (C=O) groups excluding carboxylic acids is 2. The van der Waals surface area contributed by atoms with Crippen LogP contribution in [0.15, 0.2) is 46.9 Å². The molecule has 0 unspecified atom stereocenters. The van der Waals surface area contributed by atoms with Gasteiger partial charge in [-0.1, -0.05) is 11.6 Å². The van der Waals surface area contributed by atoms with Crippen molar-refractivity contribution in [2.24, 2.45) is 5.73 Å². The van der Waals surface area contributed by atoms with E-state index in [1.54, 1.807) is 0 Å². The van der Waals surface area contributed by atoms with E-state index in [-0.39, 0.29) is 51.4 Å². The van der Waals surface area contributed by atoms with Crippen molar-refractivity contribution < 1.29 is 41.4 Å². The number of primary amides is 1. The van der Waals surface area contributed by atoms with Crippen molar-refractivity contribution in [1.29, 1.82) is 0 Å². The van der Waals surface area contributed by atoms with E-state index in [4.69, 9.17) is 32.2 Å². The van der Waals surface area contributed by atoms with Crippen LogP contribution in [-0.2, 0) is 15.8 Å². The van der Waals surface area contributed by atoms with Gasteiger partial charge in [0.2, 0.25) is 11.5 Å². The Bertz CT molecular complexity index is 1730. The number of oxazole rings is 1. The van der Waals surface area contributed by atoms with Crippen LogP contribution in [-0.4, -0.2) is 46.2 Å². The number of carbonyl (C=O) groups is 2. The average molecular weight is 594 g/mol. The summed E-state index contributed by atoms with van der Waals surface area (Å²) in [5.74, 6) is -2.79. The highest BCUT2D eigenvalue weighted by Gasteiger charge is 2.57. The highest BCUT2D eigenvalue weighted by atomic mass is 35.5. The summed E-state index contributed by atoms with van der Waals surface area (Å²) in [6, 6.07) is 7.84. The number of aliphatic hydroxyl groups is 1. The number of alkyl halides is 3. The van der Waals surface area contributed by atoms with Crippen LogP contribution in [0.25, 0.3) is 22.4 Å². The van der Waals surface area contributed by atoms with Crippen molar-refractivity contribution >= 4 is 40.5 Å². The Hall–Kier alpha value is -4.43. The van der Waals surface area contributed by atoms with Gasteiger partial charge in [0, 0.05) is 16.7 Å². The van der Waals surface area contributed by atoms with E-state index in [0.717, 1.165) is 18.2 Å². The van der Waals surface area contributed by atoms with E-state index in [0.29, 0.717) is 5.52 Å². The number of fused-ring (bicyclic) bond motifs is 2. The maximum atomic E-state index is 14.5. The molecule has 0 aliphatic carbocycles. The molecule has 2 atom stereocenters. The van der Waals surface area contributed by atoms with Crippen LogP contribution in [0.4, 0.5) is 23.6 Å². The molecule has 1 aliphatic heterocycles. The number of aromatic nitrogens is 2. The monoisotopic (exact) mass is 593 g/mol. The Balaban J connectivity index is 1.60. The number of amides is 2. The number of halogens is 5. The number of nitrogen functional groups attached to an aromatic ring is 1. The largest absolute Gasteiger partial charge is 0.489 e. The Morgan fingerprint density at radius 3 is 2.56 bits per heavy atom. The van der Waals surface area contributed by atoms with Gasteiger partial charge in [0.25, 0.3) is 11.9 Å². The van der Waals surface area contributed by atoms with E-state index < -0.39 is 47.1 Å². The first-order chi connectivity index (χ1) is 19.1. The van der Waals surface area contributed by atoms with Gasteiger partial charge >= 0.3 is 6.18 Å². The lowest BCUT2D eigenvalue weighted by molar-refractivity contribution is -0.265. The van der Waals surface area contributed by atoms with E-state index in [1.807, 2.05) is 0 Å². The zero-order valence-electron chi connectivity index (χ0n) is 21.0. The SMILES string of the molecule is C[C@]1(C(N)=O)COc2c1cc([C@@](O)(CNC(=O)c1ccc3nc(N)oc3c1)C(F)(F)F)nc2-c1ccc(F)c(Cl)c1. The molecule has 2 amide bonds. The predicted octanol–water partition coefficient (Wildman–Crippen LogP) is 3.58. The van der Waals surface area contributed by atoms with Crippen molar-refractivity contribution in [2.75, 3.05) is 18.9 Å². The van der Waals surface area contributed by atoms with Gasteiger partial charge in [-0.25, -0.2) is 9.37 Å². The maximum absolute atomic E-state index is 14.5. The molecule has 5 rings (SSSR count). The number of nitrogens with one attached hydrogen (secondary N) is 1. The molecular weight excluding hydrogens is 574 g/mol. The Kier molecular flexibility index (Phi) is 6.58. The number of ether oxygens (including phenoxy) is 1. The lowest BCUT2D eigenvalue weighted by Gasteiger charge is -2.31. The summed E-state index contributed by atoms with van der Waals surface area (Å²) >= 11 is 5.89. The minimum atomic E-state index is -5.38. The molecule has 2 aromatic heterocycles. The smallest absolute Gasteiger partial charge is 0.424 e. The fraction of sp³-hybridized carbons (Fsp3) is 0.231. The van der Waals surface area contributed by atoms with Crippen molar-refractivity contribution in [3.05, 3.63) is 70.1 Å². The maximum Gasteiger partial charge on any atom is 0.424 e. The first-order valence-electron chi connectivity index (χ1n) is 11.8. The summed E-state index contributed by atoms with van der Waals surface area (Å²) in [7, 11) is 0. The van der Waals surface area contributed by atoms with Crippen LogP contribution in [0.2, 0.25) is 5.02 Å². The molecule has 0 spiro atoms. The summed E-state index contributed by atoms with van der Waals surface area (Å²) in [5.41, 5.74) is 4.73. The van der Waals surface area contributed by atoms with Crippen LogP contribution < -0.4 is 21.5 Å². The van der Waals surface area contributed by atoms with E-state index in [2.05, 4.69) is 15.3 Å². The third kappa shape index (κ3) is 4.68. The number of hydrogen-bond acceptors (Lipinski definition) is 8. The van der Waals surface area contributed by atoms with Crippen LogP contribution in [0.5, 0.6) is 5.75 Å². The zero-order chi connectivity index (χ0) is 29.9. The molecule has 0 fully saturated rings. The number of hydrogen-bond donors (Lipinski definition) is 4. The number of pyridine rings is 1. The fourth-order valence-electron chi connectivity index (χ4n) is 4.37. The molecule has 0 radical (unpaired) electrons. The fourth-order valence-corrected chi connectivity index (χ4v) is 4.55. The molecule has 15 heteroatoms. The molecule has 0 bridgehead atoms. The lowest BCUT2D eigenvalue weighted by atomic mass is 9.81. The quantitative estimate of drug-likeness (QED) is 0.246. The lowest BCUT2D eigenvalue weighted by Crippen LogP contribution is -2.51. The molecular formula is C26H20ClF4N5O5. The van der Waals surface area contributed by atoms with E-state index in [9.17, 15) is 32.3 Å². The summed E-state index contributed by atoms with van der Waals surface area (Å²) in [5, 5.41) is 12.8. The van der Waals surface area contributed by atoms with Crippen LogP contribution in [0.1, 0.15) is 28.5 Å². The summed E-state index contributed by atoms with van der Waals surface area (Å²) in [6.07, 6.45) is -5.38. The predicted molar refractivity (Wildman–Crippen MR) is 137 cm³/mol. The first-order valence-corrected chi connectivity index (χ1v) is 12.2. The van der Waals surface area contributed by atoms with Crippen molar-refractivity contribution in [3.8, 4) is 17.0 Å². The van der Waals surface area contributed by atoms with Gasteiger partial charge < -0.3 is 31.0 Å². The van der Waals surface area contributed by atoms with Gasteiger partial charge in [-0.15, -0.1) is 0 Å². The summed E-state index contributed by atoms with van der Waals surface area (Å²) in [4.78, 5) is 33.1. The molecule has 0 saturated carbocycles. The van der Waals surface area contributed by atoms with E-state index >= 15 is 0 Å².